The molecule has 3 rings (SSSR count). The van der Waals surface area contributed by atoms with Crippen molar-refractivity contribution in [2.75, 3.05) is 0 Å². The summed E-state index contributed by atoms with van der Waals surface area (Å²) >= 11 is 5.88. The predicted molar refractivity (Wildman–Crippen MR) is 73.8 cm³/mol. The molecule has 0 aromatic heterocycles. The zero-order valence-corrected chi connectivity index (χ0v) is 10.8. The summed E-state index contributed by atoms with van der Waals surface area (Å²) in [7, 11) is 0. The molecule has 1 atom stereocenters. The van der Waals surface area contributed by atoms with Crippen molar-refractivity contribution in [2.24, 2.45) is 0 Å². The number of aryl methyl sites for hydroxylation is 1. The average Bonchev–Trinajstić information content (AvgIpc) is 2.71. The summed E-state index contributed by atoms with van der Waals surface area (Å²) in [5.74, 6) is 0. The maximum Gasteiger partial charge on any atom is 0.0942 e. The Balaban J connectivity index is 1.91. The fraction of sp³-hybridized carbons (Fsp3) is 0.250. The van der Waals surface area contributed by atoms with Gasteiger partial charge in [0.2, 0.25) is 0 Å². The van der Waals surface area contributed by atoms with E-state index in [1.54, 1.807) is 0 Å². The van der Waals surface area contributed by atoms with Gasteiger partial charge in [-0.1, -0.05) is 48.0 Å². The third kappa shape index (κ3) is 2.05. The van der Waals surface area contributed by atoms with E-state index in [1.807, 2.05) is 42.5 Å². The molecule has 2 heteroatoms. The molecule has 0 heterocycles. The first kappa shape index (κ1) is 11.8. The van der Waals surface area contributed by atoms with E-state index in [2.05, 4.69) is 6.07 Å². The van der Waals surface area contributed by atoms with Gasteiger partial charge < -0.3 is 5.11 Å². The van der Waals surface area contributed by atoms with Crippen LogP contribution in [0.5, 0.6) is 0 Å². The van der Waals surface area contributed by atoms with Gasteiger partial charge in [-0.25, -0.2) is 0 Å². The Hall–Kier alpha value is -1.31. The van der Waals surface area contributed by atoms with Crippen LogP contribution in [-0.4, -0.2) is 5.11 Å². The van der Waals surface area contributed by atoms with Crippen molar-refractivity contribution in [1.82, 2.24) is 0 Å². The van der Waals surface area contributed by atoms with Crippen molar-refractivity contribution in [3.63, 3.8) is 0 Å². The molecule has 1 N–H and O–H groups in total. The molecule has 0 saturated carbocycles. The van der Waals surface area contributed by atoms with E-state index in [0.29, 0.717) is 6.42 Å². The largest absolute Gasteiger partial charge is 0.385 e. The van der Waals surface area contributed by atoms with Gasteiger partial charge in [0.15, 0.2) is 0 Å². The summed E-state index contributed by atoms with van der Waals surface area (Å²) < 4.78 is 0. The van der Waals surface area contributed by atoms with Gasteiger partial charge in [-0.05, 0) is 41.7 Å². The number of aliphatic hydroxyl groups is 1. The van der Waals surface area contributed by atoms with Crippen molar-refractivity contribution in [3.05, 3.63) is 70.2 Å². The summed E-state index contributed by atoms with van der Waals surface area (Å²) in [4.78, 5) is 0. The van der Waals surface area contributed by atoms with E-state index < -0.39 is 5.60 Å². The molecule has 92 valence electrons. The number of rotatable bonds is 2. The summed E-state index contributed by atoms with van der Waals surface area (Å²) in [6.07, 6.45) is 2.41. The molecule has 1 nitrogen and oxygen atoms in total. The van der Waals surface area contributed by atoms with Crippen molar-refractivity contribution in [1.29, 1.82) is 0 Å². The van der Waals surface area contributed by atoms with Crippen LogP contribution < -0.4 is 0 Å². The topological polar surface area (TPSA) is 20.2 Å². The van der Waals surface area contributed by atoms with Gasteiger partial charge in [0.1, 0.15) is 0 Å². The monoisotopic (exact) mass is 258 g/mol. The lowest BCUT2D eigenvalue weighted by Crippen LogP contribution is -2.25. The van der Waals surface area contributed by atoms with E-state index >= 15 is 0 Å². The Kier molecular flexibility index (Phi) is 2.89. The van der Waals surface area contributed by atoms with Crippen molar-refractivity contribution in [2.45, 2.75) is 24.9 Å². The molecule has 2 aromatic carbocycles. The summed E-state index contributed by atoms with van der Waals surface area (Å²) in [5.41, 5.74) is 2.76. The van der Waals surface area contributed by atoms with Gasteiger partial charge in [-0.2, -0.15) is 0 Å². The van der Waals surface area contributed by atoms with Crippen molar-refractivity contribution in [3.8, 4) is 0 Å². The quantitative estimate of drug-likeness (QED) is 0.871. The number of halogens is 1. The first-order chi connectivity index (χ1) is 8.67. The number of benzene rings is 2. The van der Waals surface area contributed by atoms with Crippen LogP contribution in [-0.2, 0) is 18.4 Å². The average molecular weight is 259 g/mol. The SMILES string of the molecule is OC1(Cc2ccc(Cl)cc2)CCc2ccccc21. The molecule has 1 aliphatic carbocycles. The zero-order chi connectivity index (χ0) is 12.6. The molecule has 0 bridgehead atoms. The second kappa shape index (κ2) is 4.42. The predicted octanol–water partition coefficient (Wildman–Crippen LogP) is 3.72. The molecule has 18 heavy (non-hydrogen) atoms. The summed E-state index contributed by atoms with van der Waals surface area (Å²) in [6, 6.07) is 15.9. The smallest absolute Gasteiger partial charge is 0.0942 e. The van der Waals surface area contributed by atoms with Crippen LogP contribution in [0.15, 0.2) is 48.5 Å². The van der Waals surface area contributed by atoms with Crippen LogP contribution in [0.4, 0.5) is 0 Å². The lowest BCUT2D eigenvalue weighted by Gasteiger charge is -2.24. The van der Waals surface area contributed by atoms with Gasteiger partial charge in [0.05, 0.1) is 5.60 Å². The van der Waals surface area contributed by atoms with E-state index in [9.17, 15) is 5.11 Å². The van der Waals surface area contributed by atoms with Crippen LogP contribution in [0, 0.1) is 0 Å². The fourth-order valence-electron chi connectivity index (χ4n) is 2.79. The first-order valence-corrected chi connectivity index (χ1v) is 6.60. The minimum Gasteiger partial charge on any atom is -0.385 e. The van der Waals surface area contributed by atoms with Gasteiger partial charge in [-0.15, -0.1) is 0 Å². The molecule has 0 spiro atoms. The third-order valence-electron chi connectivity index (χ3n) is 3.74. The maximum absolute atomic E-state index is 10.8. The lowest BCUT2D eigenvalue weighted by molar-refractivity contribution is 0.0390. The minimum atomic E-state index is -0.718. The van der Waals surface area contributed by atoms with Crippen molar-refractivity contribution >= 4 is 11.6 Å². The highest BCUT2D eigenvalue weighted by molar-refractivity contribution is 6.30. The molecule has 1 aliphatic rings. The van der Waals surface area contributed by atoms with Crippen LogP contribution in [0.25, 0.3) is 0 Å². The summed E-state index contributed by atoms with van der Waals surface area (Å²) in [5, 5.41) is 11.6. The molecule has 0 amide bonds. The van der Waals surface area contributed by atoms with Crippen LogP contribution in [0.2, 0.25) is 5.02 Å². The molecule has 0 fully saturated rings. The number of hydrogen-bond donors (Lipinski definition) is 1. The normalized spacial score (nSPS) is 21.9. The number of fused-ring (bicyclic) bond motifs is 1. The van der Waals surface area contributed by atoms with Crippen molar-refractivity contribution < 1.29 is 5.11 Å². The highest BCUT2D eigenvalue weighted by Crippen LogP contribution is 2.39. The Bertz CT molecular complexity index is 562. The van der Waals surface area contributed by atoms with Gasteiger partial charge in [-0.3, -0.25) is 0 Å². The maximum atomic E-state index is 10.8. The van der Waals surface area contributed by atoms with Gasteiger partial charge >= 0.3 is 0 Å². The van der Waals surface area contributed by atoms with Crippen LogP contribution in [0.1, 0.15) is 23.1 Å². The Morgan fingerprint density at radius 3 is 2.56 bits per heavy atom. The van der Waals surface area contributed by atoms with E-state index in [-0.39, 0.29) is 0 Å². The zero-order valence-electron chi connectivity index (χ0n) is 10.1. The molecular formula is C16H15ClO. The summed E-state index contributed by atoms with van der Waals surface area (Å²) in [6.45, 7) is 0. The van der Waals surface area contributed by atoms with Gasteiger partial charge in [0.25, 0.3) is 0 Å². The Morgan fingerprint density at radius 1 is 1.06 bits per heavy atom. The highest BCUT2D eigenvalue weighted by atomic mass is 35.5. The molecule has 0 saturated heterocycles. The molecule has 0 radical (unpaired) electrons. The van der Waals surface area contributed by atoms with E-state index in [0.717, 1.165) is 29.0 Å². The Morgan fingerprint density at radius 2 is 1.78 bits per heavy atom. The second-order valence-corrected chi connectivity index (χ2v) is 5.43. The molecule has 2 aromatic rings. The standard InChI is InChI=1S/C16H15ClO/c17-14-7-5-12(6-8-14)11-16(18)10-9-13-3-1-2-4-15(13)16/h1-8,18H,9-11H2. The second-order valence-electron chi connectivity index (χ2n) is 4.99. The minimum absolute atomic E-state index is 0.654. The van der Waals surface area contributed by atoms with Gasteiger partial charge in [0, 0.05) is 11.4 Å². The van der Waals surface area contributed by atoms with Crippen LogP contribution in [0.3, 0.4) is 0 Å². The van der Waals surface area contributed by atoms with E-state index in [4.69, 9.17) is 11.6 Å². The lowest BCUT2D eigenvalue weighted by atomic mass is 9.89. The first-order valence-electron chi connectivity index (χ1n) is 6.23. The number of hydrogen-bond acceptors (Lipinski definition) is 1. The fourth-order valence-corrected chi connectivity index (χ4v) is 2.92. The third-order valence-corrected chi connectivity index (χ3v) is 3.99. The van der Waals surface area contributed by atoms with E-state index in [1.165, 1.54) is 5.56 Å². The van der Waals surface area contributed by atoms with Crippen LogP contribution >= 0.6 is 11.6 Å². The highest BCUT2D eigenvalue weighted by Gasteiger charge is 2.36. The molecular weight excluding hydrogens is 244 g/mol. The Labute approximate surface area is 112 Å². The molecule has 1 unspecified atom stereocenters. The molecule has 0 aliphatic heterocycles.